The number of thiocarbonyl (C=S) groups is 1. The lowest BCUT2D eigenvalue weighted by atomic mass is 10.1. The van der Waals surface area contributed by atoms with Gasteiger partial charge in [0.25, 0.3) is 0 Å². The number of carbonyl (C=O) groups excluding carboxylic acids is 1. The van der Waals surface area contributed by atoms with Gasteiger partial charge in [-0.3, -0.25) is 4.79 Å². The Morgan fingerprint density at radius 3 is 2.53 bits per heavy atom. The minimum Gasteiger partial charge on any atom is -0.389 e. The molecule has 0 unspecified atom stereocenters. The lowest BCUT2D eigenvalue weighted by Crippen LogP contribution is -2.21. The first-order valence-electron chi connectivity index (χ1n) is 5.09. The zero-order valence-corrected chi connectivity index (χ0v) is 10.6. The topological polar surface area (TPSA) is 107 Å². The summed E-state index contributed by atoms with van der Waals surface area (Å²) in [6, 6.07) is 0. The number of hydrogen-bond acceptors (Lipinski definition) is 5. The molecule has 0 aliphatic carbocycles. The van der Waals surface area contributed by atoms with E-state index in [2.05, 4.69) is 15.5 Å². The maximum Gasteiger partial charge on any atom is 0.219 e. The van der Waals surface area contributed by atoms with Crippen LogP contribution < -0.4 is 16.8 Å². The molecule has 1 rings (SSSR count). The molecule has 0 saturated heterocycles. The van der Waals surface area contributed by atoms with Gasteiger partial charge < -0.3 is 16.8 Å². The van der Waals surface area contributed by atoms with E-state index in [4.69, 9.17) is 23.7 Å². The molecule has 0 aliphatic heterocycles. The fourth-order valence-electron chi connectivity index (χ4n) is 1.34. The van der Waals surface area contributed by atoms with Gasteiger partial charge in [-0.2, -0.15) is 5.10 Å². The van der Waals surface area contributed by atoms with Crippen LogP contribution in [0.2, 0.25) is 0 Å². The summed E-state index contributed by atoms with van der Waals surface area (Å²) in [7, 11) is 0. The fraction of sp³-hybridized carbons (Fsp3) is 0.400. The molecule has 17 heavy (non-hydrogen) atoms. The third-order valence-electron chi connectivity index (χ3n) is 2.36. The first-order valence-corrected chi connectivity index (χ1v) is 5.50. The van der Waals surface area contributed by atoms with Crippen LogP contribution in [-0.4, -0.2) is 27.6 Å². The van der Waals surface area contributed by atoms with Crippen LogP contribution >= 0.6 is 12.2 Å². The van der Waals surface area contributed by atoms with E-state index in [1.807, 2.05) is 13.8 Å². The van der Waals surface area contributed by atoms with E-state index in [9.17, 15) is 4.79 Å². The molecular weight excluding hydrogens is 238 g/mol. The molecule has 0 fully saturated rings. The third-order valence-corrected chi connectivity index (χ3v) is 2.57. The number of nitrogens with two attached hydrogens (primary N) is 2. The highest BCUT2D eigenvalue weighted by Gasteiger charge is 2.13. The molecule has 1 aromatic heterocycles. The van der Waals surface area contributed by atoms with Crippen LogP contribution in [0, 0.1) is 13.8 Å². The van der Waals surface area contributed by atoms with E-state index >= 15 is 0 Å². The highest BCUT2D eigenvalue weighted by molar-refractivity contribution is 7.80. The van der Waals surface area contributed by atoms with Gasteiger partial charge in [-0.1, -0.05) is 12.2 Å². The zero-order chi connectivity index (χ0) is 13.0. The number of aromatic nitrogens is 2. The van der Waals surface area contributed by atoms with Gasteiger partial charge >= 0.3 is 0 Å². The van der Waals surface area contributed by atoms with Crippen molar-refractivity contribution in [1.29, 1.82) is 0 Å². The van der Waals surface area contributed by atoms with Crippen LogP contribution in [0.3, 0.4) is 0 Å². The molecule has 0 bridgehead atoms. The normalized spacial score (nSPS) is 10.0. The average molecular weight is 253 g/mol. The Hall–Kier alpha value is -1.76. The number of aryl methyl sites for hydroxylation is 1. The maximum atomic E-state index is 10.6. The summed E-state index contributed by atoms with van der Waals surface area (Å²) < 4.78 is 0. The largest absolute Gasteiger partial charge is 0.389 e. The van der Waals surface area contributed by atoms with Gasteiger partial charge in [-0.25, -0.2) is 0 Å². The predicted molar refractivity (Wildman–Crippen MR) is 69.7 cm³/mol. The van der Waals surface area contributed by atoms with E-state index in [0.29, 0.717) is 17.9 Å². The van der Waals surface area contributed by atoms with Crippen LogP contribution in [0.5, 0.6) is 0 Å². The van der Waals surface area contributed by atoms with Crippen molar-refractivity contribution >= 4 is 28.9 Å². The van der Waals surface area contributed by atoms with Gasteiger partial charge in [0.15, 0.2) is 5.82 Å². The molecule has 7 heteroatoms. The summed E-state index contributed by atoms with van der Waals surface area (Å²) in [4.78, 5) is 10.9. The first-order chi connectivity index (χ1) is 7.93. The third kappa shape index (κ3) is 3.35. The number of anilines is 1. The van der Waals surface area contributed by atoms with Gasteiger partial charge in [0, 0.05) is 13.0 Å². The molecular formula is C10H15N5OS. The molecule has 1 aromatic rings. The monoisotopic (exact) mass is 253 g/mol. The van der Waals surface area contributed by atoms with Crippen LogP contribution in [0.15, 0.2) is 0 Å². The minimum absolute atomic E-state index is 0.214. The Balaban J connectivity index is 2.95. The van der Waals surface area contributed by atoms with Crippen molar-refractivity contribution < 1.29 is 4.79 Å². The highest BCUT2D eigenvalue weighted by Crippen LogP contribution is 2.17. The van der Waals surface area contributed by atoms with E-state index in [0.717, 1.165) is 11.3 Å². The van der Waals surface area contributed by atoms with Crippen LogP contribution in [-0.2, 0) is 4.79 Å². The summed E-state index contributed by atoms with van der Waals surface area (Å²) in [5, 5.41) is 10.9. The smallest absolute Gasteiger partial charge is 0.219 e. The van der Waals surface area contributed by atoms with E-state index in [-0.39, 0.29) is 17.3 Å². The number of nitrogens with one attached hydrogen (secondary N) is 1. The molecule has 5 N–H and O–H groups in total. The quantitative estimate of drug-likeness (QED) is 0.638. The van der Waals surface area contributed by atoms with Crippen LogP contribution in [0.25, 0.3) is 0 Å². The molecule has 6 nitrogen and oxygen atoms in total. The van der Waals surface area contributed by atoms with Crippen molar-refractivity contribution in [2.75, 3.05) is 11.9 Å². The lowest BCUT2D eigenvalue weighted by Gasteiger charge is -2.12. The van der Waals surface area contributed by atoms with Gasteiger partial charge in [-0.15, -0.1) is 5.10 Å². The van der Waals surface area contributed by atoms with Gasteiger partial charge in [0.1, 0.15) is 4.99 Å². The second-order valence-electron chi connectivity index (χ2n) is 3.64. The number of nitrogens with zero attached hydrogens (tertiary/aromatic N) is 2. The second kappa shape index (κ2) is 5.53. The van der Waals surface area contributed by atoms with Crippen molar-refractivity contribution in [3.05, 3.63) is 16.8 Å². The highest BCUT2D eigenvalue weighted by atomic mass is 32.1. The molecule has 0 saturated carbocycles. The fourth-order valence-corrected chi connectivity index (χ4v) is 1.59. The van der Waals surface area contributed by atoms with E-state index in [1.54, 1.807) is 0 Å². The second-order valence-corrected chi connectivity index (χ2v) is 4.08. The Bertz CT molecular complexity index is 460. The molecule has 0 radical (unpaired) electrons. The van der Waals surface area contributed by atoms with Gasteiger partial charge in [0.2, 0.25) is 5.91 Å². The Kier molecular flexibility index (Phi) is 4.33. The molecule has 92 valence electrons. The van der Waals surface area contributed by atoms with Gasteiger partial charge in [-0.05, 0) is 19.4 Å². The Morgan fingerprint density at radius 2 is 2.00 bits per heavy atom. The summed E-state index contributed by atoms with van der Waals surface area (Å²) in [6.45, 7) is 4.08. The maximum absolute atomic E-state index is 10.6. The molecule has 1 heterocycles. The number of carbonyl (C=O) groups is 1. The standard InChI is InChI=1S/C10H15N5OS/c1-5-6(2)14-15-10(8(5)9(12)17)13-4-3-7(11)16/h3-4H2,1-2H3,(H2,11,16)(H2,12,17)(H,13,15). The molecule has 1 amide bonds. The number of primary amides is 1. The van der Waals surface area contributed by atoms with Crippen molar-refractivity contribution in [3.63, 3.8) is 0 Å². The SMILES string of the molecule is Cc1nnc(NCCC(N)=O)c(C(N)=S)c1C. The van der Waals surface area contributed by atoms with E-state index in [1.165, 1.54) is 0 Å². The summed E-state index contributed by atoms with van der Waals surface area (Å²) in [5.74, 6) is 0.105. The first kappa shape index (κ1) is 13.3. The molecule has 0 atom stereocenters. The summed E-state index contributed by atoms with van der Waals surface area (Å²) in [5.41, 5.74) is 13.0. The zero-order valence-electron chi connectivity index (χ0n) is 9.78. The van der Waals surface area contributed by atoms with Crippen molar-refractivity contribution in [3.8, 4) is 0 Å². The van der Waals surface area contributed by atoms with E-state index < -0.39 is 0 Å². The van der Waals surface area contributed by atoms with Crippen molar-refractivity contribution in [2.45, 2.75) is 20.3 Å². The van der Waals surface area contributed by atoms with Crippen LogP contribution in [0.1, 0.15) is 23.2 Å². The Morgan fingerprint density at radius 1 is 1.35 bits per heavy atom. The van der Waals surface area contributed by atoms with Crippen molar-refractivity contribution in [1.82, 2.24) is 10.2 Å². The number of rotatable bonds is 5. The Labute approximate surface area is 105 Å². The number of hydrogen-bond donors (Lipinski definition) is 3. The minimum atomic E-state index is -0.383. The summed E-state index contributed by atoms with van der Waals surface area (Å²) >= 11 is 4.98. The van der Waals surface area contributed by atoms with Gasteiger partial charge in [0.05, 0.1) is 11.3 Å². The number of amides is 1. The van der Waals surface area contributed by atoms with Crippen molar-refractivity contribution in [2.24, 2.45) is 11.5 Å². The predicted octanol–water partition coefficient (Wildman–Crippen LogP) is 0.0149. The molecule has 0 aliphatic rings. The molecule has 0 spiro atoms. The average Bonchev–Trinajstić information content (AvgIpc) is 2.22. The summed E-state index contributed by atoms with van der Waals surface area (Å²) in [6.07, 6.45) is 0.214. The lowest BCUT2D eigenvalue weighted by molar-refractivity contribution is -0.117. The van der Waals surface area contributed by atoms with Crippen LogP contribution in [0.4, 0.5) is 5.82 Å². The molecule has 0 aromatic carbocycles.